The predicted octanol–water partition coefficient (Wildman–Crippen LogP) is 0.301. The minimum absolute atomic E-state index is 0.161. The number of hydrogen-bond acceptors (Lipinski definition) is 6. The van der Waals surface area contributed by atoms with Crippen molar-refractivity contribution in [1.82, 2.24) is 19.5 Å². The van der Waals surface area contributed by atoms with Crippen LogP contribution in [0.15, 0.2) is 34.1 Å². The highest BCUT2D eigenvalue weighted by Crippen LogP contribution is 2.26. The molecule has 1 unspecified atom stereocenters. The van der Waals surface area contributed by atoms with Crippen molar-refractivity contribution in [1.29, 1.82) is 0 Å². The Labute approximate surface area is 146 Å². The first kappa shape index (κ1) is 18.0. The first-order valence-electron chi connectivity index (χ1n) is 7.79. The van der Waals surface area contributed by atoms with Gasteiger partial charge in [0.2, 0.25) is 20.0 Å². The number of nitrogens with two attached hydrogens (primary N) is 1. The number of aryl methyl sites for hydroxylation is 2. The highest BCUT2D eigenvalue weighted by atomic mass is 32.2. The van der Waals surface area contributed by atoms with E-state index in [-0.39, 0.29) is 9.79 Å². The van der Waals surface area contributed by atoms with E-state index in [0.29, 0.717) is 31.0 Å². The van der Waals surface area contributed by atoms with Crippen LogP contribution in [0, 0.1) is 0 Å². The lowest BCUT2D eigenvalue weighted by Gasteiger charge is -2.23. The van der Waals surface area contributed by atoms with Gasteiger partial charge in [-0.3, -0.25) is 0 Å². The van der Waals surface area contributed by atoms with E-state index in [1.54, 1.807) is 4.68 Å². The van der Waals surface area contributed by atoms with Crippen LogP contribution in [0.3, 0.4) is 0 Å². The molecule has 11 heteroatoms. The van der Waals surface area contributed by atoms with Gasteiger partial charge in [0.1, 0.15) is 5.82 Å². The lowest BCUT2D eigenvalue weighted by atomic mass is 10.1. The zero-order valence-electron chi connectivity index (χ0n) is 13.6. The second-order valence-electron chi connectivity index (χ2n) is 5.80. The maximum absolute atomic E-state index is 12.7. The highest BCUT2D eigenvalue weighted by Gasteiger charge is 2.29. The Hall–Kier alpha value is -1.82. The summed E-state index contributed by atoms with van der Waals surface area (Å²) < 4.78 is 52.5. The molecule has 1 aliphatic rings. The molecule has 1 aliphatic heterocycles. The summed E-state index contributed by atoms with van der Waals surface area (Å²) in [5.74, 6) is 1.24. The number of rotatable bonds is 5. The number of nitrogens with zero attached hydrogens (tertiary/aromatic N) is 3. The Morgan fingerprint density at radius 1 is 1.28 bits per heavy atom. The van der Waals surface area contributed by atoms with Crippen molar-refractivity contribution in [2.24, 2.45) is 5.14 Å². The van der Waals surface area contributed by atoms with E-state index < -0.39 is 26.1 Å². The van der Waals surface area contributed by atoms with Gasteiger partial charge in [0.25, 0.3) is 0 Å². The minimum atomic E-state index is -3.99. The molecule has 2 aromatic rings. The van der Waals surface area contributed by atoms with Crippen molar-refractivity contribution >= 4 is 20.0 Å². The van der Waals surface area contributed by atoms with Gasteiger partial charge in [-0.25, -0.2) is 36.4 Å². The molecule has 9 nitrogen and oxygen atoms in total. The Morgan fingerprint density at radius 3 is 2.68 bits per heavy atom. The molecule has 0 aliphatic carbocycles. The van der Waals surface area contributed by atoms with Crippen molar-refractivity contribution in [3.8, 4) is 0 Å². The standard InChI is InChI=1S/C14H19N5O4S2/c1-2-13-16-14-12(7-4-8-19(14)17-13)18-25(22,23)11-6-3-5-10(9-11)24(15,20)21/h3,5-6,9,12,18H,2,4,7-8H2,1H3,(H2,15,20,21). The summed E-state index contributed by atoms with van der Waals surface area (Å²) in [4.78, 5) is 3.98. The number of benzene rings is 1. The highest BCUT2D eigenvalue weighted by molar-refractivity contribution is 7.90. The van der Waals surface area contributed by atoms with Crippen LogP contribution < -0.4 is 9.86 Å². The molecular formula is C14H19N5O4S2. The minimum Gasteiger partial charge on any atom is -0.248 e. The van der Waals surface area contributed by atoms with Crippen molar-refractivity contribution in [2.45, 2.75) is 48.6 Å². The summed E-state index contributed by atoms with van der Waals surface area (Å²) in [7, 11) is -7.92. The topological polar surface area (TPSA) is 137 Å². The van der Waals surface area contributed by atoms with Crippen LogP contribution in [-0.4, -0.2) is 31.6 Å². The van der Waals surface area contributed by atoms with Crippen molar-refractivity contribution in [3.05, 3.63) is 35.9 Å². The third-order valence-electron chi connectivity index (χ3n) is 3.98. The average Bonchev–Trinajstić information content (AvgIpc) is 2.98. The smallest absolute Gasteiger partial charge is 0.241 e. The maximum atomic E-state index is 12.7. The van der Waals surface area contributed by atoms with E-state index >= 15 is 0 Å². The fourth-order valence-corrected chi connectivity index (χ4v) is 4.64. The second-order valence-corrected chi connectivity index (χ2v) is 9.07. The van der Waals surface area contributed by atoms with Gasteiger partial charge >= 0.3 is 0 Å². The van der Waals surface area contributed by atoms with E-state index in [2.05, 4.69) is 14.8 Å². The average molecular weight is 385 g/mol. The third-order valence-corrected chi connectivity index (χ3v) is 6.36. The van der Waals surface area contributed by atoms with Crippen LogP contribution in [0.5, 0.6) is 0 Å². The summed E-state index contributed by atoms with van der Waals surface area (Å²) in [5, 5.41) is 9.41. The monoisotopic (exact) mass is 385 g/mol. The van der Waals surface area contributed by atoms with Gasteiger partial charge < -0.3 is 0 Å². The van der Waals surface area contributed by atoms with Crippen molar-refractivity contribution in [2.75, 3.05) is 0 Å². The molecule has 1 atom stereocenters. The van der Waals surface area contributed by atoms with Crippen LogP contribution in [0.1, 0.15) is 37.5 Å². The SMILES string of the molecule is CCc1nc2n(n1)CCCC2NS(=O)(=O)c1cccc(S(N)(=O)=O)c1. The van der Waals surface area contributed by atoms with Crippen molar-refractivity contribution in [3.63, 3.8) is 0 Å². The number of aromatic nitrogens is 3. The lowest BCUT2D eigenvalue weighted by molar-refractivity contribution is 0.399. The zero-order chi connectivity index (χ0) is 18.2. The third kappa shape index (κ3) is 3.73. The molecule has 0 spiro atoms. The van der Waals surface area contributed by atoms with E-state index in [4.69, 9.17) is 5.14 Å². The van der Waals surface area contributed by atoms with E-state index in [1.807, 2.05) is 6.92 Å². The van der Waals surface area contributed by atoms with Gasteiger partial charge in [-0.15, -0.1) is 0 Å². The quantitative estimate of drug-likeness (QED) is 0.759. The molecular weight excluding hydrogens is 366 g/mol. The van der Waals surface area contributed by atoms with Gasteiger partial charge in [-0.2, -0.15) is 5.10 Å². The van der Waals surface area contributed by atoms with Crippen LogP contribution in [-0.2, 0) is 33.0 Å². The van der Waals surface area contributed by atoms with E-state index in [0.717, 1.165) is 12.5 Å². The molecule has 0 amide bonds. The predicted molar refractivity (Wildman–Crippen MR) is 89.5 cm³/mol. The summed E-state index contributed by atoms with van der Waals surface area (Å²) >= 11 is 0. The lowest BCUT2D eigenvalue weighted by Crippen LogP contribution is -2.33. The number of sulfonamides is 2. The summed E-state index contributed by atoms with van der Waals surface area (Å²) in [6.07, 6.45) is 2.02. The Balaban J connectivity index is 1.92. The van der Waals surface area contributed by atoms with E-state index in [1.165, 1.54) is 18.2 Å². The number of primary sulfonamides is 1. The Morgan fingerprint density at radius 2 is 2.00 bits per heavy atom. The molecule has 3 rings (SSSR count). The van der Waals surface area contributed by atoms with Gasteiger partial charge in [-0.05, 0) is 31.0 Å². The van der Waals surface area contributed by atoms with Crippen LogP contribution in [0.25, 0.3) is 0 Å². The molecule has 3 N–H and O–H groups in total. The summed E-state index contributed by atoms with van der Waals surface area (Å²) in [5.41, 5.74) is 0. The maximum Gasteiger partial charge on any atom is 0.241 e. The number of hydrogen-bond donors (Lipinski definition) is 2. The molecule has 2 heterocycles. The normalized spacial score (nSPS) is 18.1. The first-order valence-corrected chi connectivity index (χ1v) is 10.8. The number of nitrogens with one attached hydrogen (secondary N) is 1. The second kappa shape index (κ2) is 6.48. The van der Waals surface area contributed by atoms with E-state index in [9.17, 15) is 16.8 Å². The summed E-state index contributed by atoms with van der Waals surface area (Å²) in [6, 6.07) is 4.45. The molecule has 25 heavy (non-hydrogen) atoms. The fourth-order valence-electron chi connectivity index (χ4n) is 2.73. The van der Waals surface area contributed by atoms with Crippen molar-refractivity contribution < 1.29 is 16.8 Å². The molecule has 0 saturated carbocycles. The van der Waals surface area contributed by atoms with Crippen LogP contribution in [0.4, 0.5) is 0 Å². The fraction of sp³-hybridized carbons (Fsp3) is 0.429. The molecule has 0 radical (unpaired) electrons. The Bertz CT molecular complexity index is 998. The molecule has 0 bridgehead atoms. The van der Waals surface area contributed by atoms with Crippen LogP contribution >= 0.6 is 0 Å². The molecule has 0 saturated heterocycles. The van der Waals surface area contributed by atoms with Crippen LogP contribution in [0.2, 0.25) is 0 Å². The first-order chi connectivity index (χ1) is 11.7. The molecule has 1 aromatic carbocycles. The molecule has 136 valence electrons. The van der Waals surface area contributed by atoms with Gasteiger partial charge in [-0.1, -0.05) is 13.0 Å². The number of fused-ring (bicyclic) bond motifs is 1. The van der Waals surface area contributed by atoms with Gasteiger partial charge in [0, 0.05) is 13.0 Å². The summed E-state index contributed by atoms with van der Waals surface area (Å²) in [6.45, 7) is 2.63. The molecule has 1 aromatic heterocycles. The largest absolute Gasteiger partial charge is 0.248 e. The Kier molecular flexibility index (Phi) is 4.66. The van der Waals surface area contributed by atoms with Gasteiger partial charge in [0.15, 0.2) is 5.82 Å². The molecule has 0 fully saturated rings. The van der Waals surface area contributed by atoms with Gasteiger partial charge in [0.05, 0.1) is 15.8 Å². The zero-order valence-corrected chi connectivity index (χ0v) is 15.2.